The second-order valence-electron chi connectivity index (χ2n) is 17.9. The third kappa shape index (κ3) is 42.8. The van der Waals surface area contributed by atoms with Gasteiger partial charge in [-0.3, -0.25) is 13.8 Å². The molecule has 0 aromatic carbocycles. The van der Waals surface area contributed by atoms with E-state index in [1.807, 2.05) is 27.2 Å². The van der Waals surface area contributed by atoms with E-state index >= 15 is 0 Å². The Morgan fingerprint density at radius 2 is 0.966 bits per heavy atom. The number of amides is 1. The van der Waals surface area contributed by atoms with Crippen LogP contribution < -0.4 is 5.32 Å². The van der Waals surface area contributed by atoms with Gasteiger partial charge in [-0.15, -0.1) is 0 Å². The average Bonchev–Trinajstić information content (AvgIpc) is 3.17. The summed E-state index contributed by atoms with van der Waals surface area (Å²) in [7, 11) is 1.57. The Morgan fingerprint density at radius 1 is 0.586 bits per heavy atom. The van der Waals surface area contributed by atoms with E-state index in [0.717, 1.165) is 38.5 Å². The van der Waals surface area contributed by atoms with Crippen LogP contribution in [-0.2, 0) is 18.4 Å². The fourth-order valence-electron chi connectivity index (χ4n) is 6.97. The first kappa shape index (κ1) is 56.7. The van der Waals surface area contributed by atoms with Gasteiger partial charge in [-0.25, -0.2) is 4.57 Å². The van der Waals surface area contributed by atoms with Crippen molar-refractivity contribution < 1.29 is 32.9 Å². The molecule has 0 heterocycles. The van der Waals surface area contributed by atoms with Crippen LogP contribution in [0.4, 0.5) is 0 Å². The zero-order chi connectivity index (χ0) is 42.8. The fraction of sp³-hybridized carbons (Fsp3) is 0.857. The Bertz CT molecular complexity index is 1040. The largest absolute Gasteiger partial charge is 0.472 e. The number of unbranched alkanes of at least 4 members (excludes halogenated alkanes) is 28. The topological polar surface area (TPSA) is 105 Å². The third-order valence-corrected chi connectivity index (χ3v) is 11.9. The SMILES string of the molecule is CCCCC/C=C\C=C/CCCCCCCCCCCCC(=O)NC(COP(=O)(O)OCC[N+](C)(C)C)C(O)/C=C/CCCCCCCCCCCCCCCCC. The highest BCUT2D eigenvalue weighted by Gasteiger charge is 2.27. The molecule has 0 saturated carbocycles. The molecule has 0 spiro atoms. The molecule has 3 unspecified atom stereocenters. The van der Waals surface area contributed by atoms with E-state index < -0.39 is 20.0 Å². The lowest BCUT2D eigenvalue weighted by Crippen LogP contribution is -2.45. The van der Waals surface area contributed by atoms with Crippen molar-refractivity contribution in [2.45, 2.75) is 231 Å². The number of aliphatic hydroxyl groups excluding tert-OH is 1. The molecular weight excluding hydrogens is 744 g/mol. The van der Waals surface area contributed by atoms with Crippen molar-refractivity contribution in [2.24, 2.45) is 0 Å². The Balaban J connectivity index is 4.36. The number of rotatable bonds is 44. The Morgan fingerprint density at radius 3 is 1.41 bits per heavy atom. The summed E-state index contributed by atoms with van der Waals surface area (Å²) in [5.74, 6) is -0.181. The van der Waals surface area contributed by atoms with Crippen LogP contribution >= 0.6 is 7.82 Å². The highest BCUT2D eigenvalue weighted by atomic mass is 31.2. The number of likely N-dealkylation sites (N-methyl/N-ethyl adjacent to an activating group) is 1. The maximum absolute atomic E-state index is 12.9. The number of quaternary nitrogens is 1. The number of phosphoric ester groups is 1. The maximum atomic E-state index is 12.9. The Labute approximate surface area is 359 Å². The summed E-state index contributed by atoms with van der Waals surface area (Å²) >= 11 is 0. The number of carbonyl (C=O) groups excluding carboxylic acids is 1. The lowest BCUT2D eigenvalue weighted by Gasteiger charge is -2.25. The minimum absolute atomic E-state index is 0.0609. The van der Waals surface area contributed by atoms with Gasteiger partial charge in [0.2, 0.25) is 5.91 Å². The monoisotopic (exact) mass is 840 g/mol. The van der Waals surface area contributed by atoms with Gasteiger partial charge in [0.05, 0.1) is 39.9 Å². The molecule has 58 heavy (non-hydrogen) atoms. The van der Waals surface area contributed by atoms with Crippen LogP contribution in [0.25, 0.3) is 0 Å². The highest BCUT2D eigenvalue weighted by molar-refractivity contribution is 7.47. The van der Waals surface area contributed by atoms with Crippen LogP contribution in [0.2, 0.25) is 0 Å². The number of carbonyl (C=O) groups is 1. The summed E-state index contributed by atoms with van der Waals surface area (Å²) in [5, 5.41) is 13.9. The molecule has 0 rings (SSSR count). The minimum atomic E-state index is -4.34. The van der Waals surface area contributed by atoms with Gasteiger partial charge in [0.15, 0.2) is 0 Å². The lowest BCUT2D eigenvalue weighted by molar-refractivity contribution is -0.870. The van der Waals surface area contributed by atoms with E-state index in [4.69, 9.17) is 9.05 Å². The van der Waals surface area contributed by atoms with Gasteiger partial charge in [-0.1, -0.05) is 204 Å². The quantitative estimate of drug-likeness (QED) is 0.0186. The second-order valence-corrected chi connectivity index (χ2v) is 19.3. The van der Waals surface area contributed by atoms with Crippen molar-refractivity contribution in [3.05, 3.63) is 36.5 Å². The van der Waals surface area contributed by atoms with Crippen molar-refractivity contribution in [3.63, 3.8) is 0 Å². The molecule has 3 atom stereocenters. The molecule has 1 amide bonds. The summed E-state index contributed by atoms with van der Waals surface area (Å²) in [6, 6.07) is -0.847. The molecule has 342 valence electrons. The zero-order valence-corrected chi connectivity index (χ0v) is 39.7. The van der Waals surface area contributed by atoms with Crippen molar-refractivity contribution >= 4 is 13.7 Å². The van der Waals surface area contributed by atoms with E-state index in [-0.39, 0.29) is 19.1 Å². The molecule has 0 radical (unpaired) electrons. The van der Waals surface area contributed by atoms with Crippen LogP contribution in [0.1, 0.15) is 219 Å². The predicted molar refractivity (Wildman–Crippen MR) is 249 cm³/mol. The molecule has 9 heteroatoms. The molecular formula is C49H96N2O6P+. The lowest BCUT2D eigenvalue weighted by atomic mass is 10.0. The van der Waals surface area contributed by atoms with Gasteiger partial charge in [-0.2, -0.15) is 0 Å². The molecule has 0 aliphatic heterocycles. The van der Waals surface area contributed by atoms with Crippen molar-refractivity contribution in [3.8, 4) is 0 Å². The van der Waals surface area contributed by atoms with Crippen molar-refractivity contribution in [1.82, 2.24) is 5.32 Å². The van der Waals surface area contributed by atoms with Crippen molar-refractivity contribution in [1.29, 1.82) is 0 Å². The standard InChI is InChI=1S/C49H95N2O6P/c1-6-8-10-12-14-16-18-20-22-24-25-27-29-31-33-35-37-39-41-43-49(53)50-47(46-57-58(54,55)56-45-44-51(3,4)5)48(52)42-40-38-36-34-32-30-28-26-23-21-19-17-15-13-11-9-7-2/h14,16,18,20,40,42,47-48,52H,6-13,15,17,19,21-39,41,43-46H2,1-5H3,(H-,50,53,54,55)/p+1/b16-14-,20-18-,42-40+. The molecule has 0 fully saturated rings. The molecule has 0 bridgehead atoms. The van der Waals surface area contributed by atoms with E-state index in [1.54, 1.807) is 6.08 Å². The van der Waals surface area contributed by atoms with E-state index in [0.29, 0.717) is 17.4 Å². The summed E-state index contributed by atoms with van der Waals surface area (Å²) in [6.07, 6.45) is 50.6. The first-order valence-electron chi connectivity index (χ1n) is 24.4. The fourth-order valence-corrected chi connectivity index (χ4v) is 7.71. The number of aliphatic hydroxyl groups is 1. The predicted octanol–water partition coefficient (Wildman–Crippen LogP) is 13.9. The number of nitrogens with one attached hydrogen (secondary N) is 1. The first-order valence-corrected chi connectivity index (χ1v) is 25.9. The van der Waals surface area contributed by atoms with Crippen molar-refractivity contribution in [2.75, 3.05) is 40.9 Å². The summed E-state index contributed by atoms with van der Waals surface area (Å²) < 4.78 is 23.6. The van der Waals surface area contributed by atoms with E-state index in [1.165, 1.54) is 161 Å². The average molecular weight is 840 g/mol. The van der Waals surface area contributed by atoms with Gasteiger partial charge in [0.25, 0.3) is 0 Å². The second kappa shape index (κ2) is 41.1. The summed E-state index contributed by atoms with van der Waals surface area (Å²) in [6.45, 7) is 4.80. The Kier molecular flexibility index (Phi) is 40.2. The molecule has 0 aliphatic carbocycles. The normalized spacial score (nSPS) is 14.5. The zero-order valence-electron chi connectivity index (χ0n) is 38.8. The first-order chi connectivity index (χ1) is 28.0. The van der Waals surface area contributed by atoms with Gasteiger partial charge in [0.1, 0.15) is 13.2 Å². The maximum Gasteiger partial charge on any atom is 0.472 e. The Hall–Kier alpha value is -1.28. The van der Waals surface area contributed by atoms with Gasteiger partial charge in [-0.05, 0) is 44.9 Å². The molecule has 0 aliphatic rings. The molecule has 0 aromatic rings. The van der Waals surface area contributed by atoms with E-state index in [2.05, 4.69) is 43.5 Å². The van der Waals surface area contributed by atoms with Gasteiger partial charge in [0, 0.05) is 6.42 Å². The molecule has 0 aromatic heterocycles. The van der Waals surface area contributed by atoms with Gasteiger partial charge < -0.3 is 19.8 Å². The summed E-state index contributed by atoms with van der Waals surface area (Å²) in [5.41, 5.74) is 0. The number of hydrogen-bond donors (Lipinski definition) is 3. The highest BCUT2D eigenvalue weighted by Crippen LogP contribution is 2.43. The van der Waals surface area contributed by atoms with Crippen LogP contribution in [0.15, 0.2) is 36.5 Å². The smallest absolute Gasteiger partial charge is 0.387 e. The number of phosphoric acid groups is 1. The van der Waals surface area contributed by atoms with E-state index in [9.17, 15) is 19.4 Å². The summed E-state index contributed by atoms with van der Waals surface area (Å²) in [4.78, 5) is 23.2. The number of allylic oxidation sites excluding steroid dienone is 5. The number of nitrogens with zero attached hydrogens (tertiary/aromatic N) is 1. The molecule has 8 nitrogen and oxygen atoms in total. The molecule has 3 N–H and O–H groups in total. The molecule has 0 saturated heterocycles. The van der Waals surface area contributed by atoms with Crippen LogP contribution in [0.3, 0.4) is 0 Å². The van der Waals surface area contributed by atoms with Gasteiger partial charge >= 0.3 is 7.82 Å². The van der Waals surface area contributed by atoms with Crippen LogP contribution in [-0.4, -0.2) is 73.4 Å². The third-order valence-electron chi connectivity index (χ3n) is 10.9. The van der Waals surface area contributed by atoms with Crippen LogP contribution in [0.5, 0.6) is 0 Å². The van der Waals surface area contributed by atoms with Crippen LogP contribution in [0, 0.1) is 0 Å². The minimum Gasteiger partial charge on any atom is -0.387 e. The number of hydrogen-bond acceptors (Lipinski definition) is 5.